The number of rotatable bonds is 4. The third-order valence-corrected chi connectivity index (χ3v) is 3.84. The third kappa shape index (κ3) is 3.97. The summed E-state index contributed by atoms with van der Waals surface area (Å²) in [6.07, 6.45) is 1.73. The highest BCUT2D eigenvalue weighted by Gasteiger charge is 2.04. The van der Waals surface area contributed by atoms with Crippen LogP contribution in [0.4, 0.5) is 11.6 Å². The summed E-state index contributed by atoms with van der Waals surface area (Å²) in [4.78, 5) is 10.7. The van der Waals surface area contributed by atoms with Crippen LogP contribution in [0.25, 0.3) is 0 Å². The topological polar surface area (TPSA) is 37.8 Å². The quantitative estimate of drug-likeness (QED) is 0.686. The molecule has 1 aromatic carbocycles. The molecule has 2 heterocycles. The van der Waals surface area contributed by atoms with Gasteiger partial charge in [-0.2, -0.15) is 0 Å². The van der Waals surface area contributed by atoms with Crippen LogP contribution in [0.1, 0.15) is 0 Å². The van der Waals surface area contributed by atoms with E-state index in [-0.39, 0.29) is 0 Å². The number of hydrogen-bond acceptors (Lipinski definition) is 4. The summed E-state index contributed by atoms with van der Waals surface area (Å²) >= 11 is 7.74. The van der Waals surface area contributed by atoms with E-state index in [1.165, 1.54) is 0 Å². The Kier molecular flexibility index (Phi) is 4.38. The number of halogens is 1. The van der Waals surface area contributed by atoms with Gasteiger partial charge in [0.25, 0.3) is 0 Å². The van der Waals surface area contributed by atoms with Gasteiger partial charge in [-0.1, -0.05) is 47.6 Å². The highest BCUT2D eigenvalue weighted by molar-refractivity contribution is 7.99. The van der Waals surface area contributed by atoms with Gasteiger partial charge in [0.1, 0.15) is 16.8 Å². The summed E-state index contributed by atoms with van der Waals surface area (Å²) < 4.78 is 0. The first kappa shape index (κ1) is 13.9. The Morgan fingerprint density at radius 2 is 1.67 bits per heavy atom. The lowest BCUT2D eigenvalue weighted by Crippen LogP contribution is -1.95. The van der Waals surface area contributed by atoms with Crippen LogP contribution in [0.15, 0.2) is 76.7 Å². The monoisotopic (exact) mass is 313 g/mol. The van der Waals surface area contributed by atoms with Crippen LogP contribution in [0, 0.1) is 0 Å². The van der Waals surface area contributed by atoms with Crippen LogP contribution in [0.5, 0.6) is 0 Å². The lowest BCUT2D eigenvalue weighted by Gasteiger charge is -2.07. The molecule has 3 rings (SSSR count). The van der Waals surface area contributed by atoms with Gasteiger partial charge in [-0.25, -0.2) is 9.97 Å². The van der Waals surface area contributed by atoms with E-state index in [1.807, 2.05) is 48.5 Å². The molecule has 1 N–H and O–H groups in total. The first-order valence-electron chi connectivity index (χ1n) is 6.38. The largest absolute Gasteiger partial charge is 0.325 e. The number of hydrogen-bond donors (Lipinski definition) is 1. The molecule has 0 saturated carbocycles. The molecule has 21 heavy (non-hydrogen) atoms. The number of nitrogens with zero attached hydrogens (tertiary/aromatic N) is 2. The second-order valence-electron chi connectivity index (χ2n) is 4.27. The third-order valence-electron chi connectivity index (χ3n) is 2.67. The second-order valence-corrected chi connectivity index (χ2v) is 5.80. The minimum Gasteiger partial charge on any atom is -0.325 e. The molecule has 5 heteroatoms. The Hall–Kier alpha value is -2.04. The molecule has 0 saturated heterocycles. The molecule has 104 valence electrons. The fourth-order valence-electron chi connectivity index (χ4n) is 1.79. The van der Waals surface area contributed by atoms with Crippen LogP contribution in [-0.2, 0) is 0 Å². The molecule has 0 amide bonds. The average molecular weight is 314 g/mol. The SMILES string of the molecule is Clc1cc(Sc2ccccc2)cc(Nc2ccccn2)n1. The standard InChI is InChI=1S/C16H12ClN3S/c17-14-10-13(21-12-6-2-1-3-7-12)11-16(19-14)20-15-8-4-5-9-18-15/h1-11H,(H,18,19,20). The maximum Gasteiger partial charge on any atom is 0.134 e. The fourth-order valence-corrected chi connectivity index (χ4v) is 2.97. The summed E-state index contributed by atoms with van der Waals surface area (Å²) in [5.41, 5.74) is 0. The van der Waals surface area contributed by atoms with Crippen LogP contribution < -0.4 is 5.32 Å². The van der Waals surface area contributed by atoms with Crippen molar-refractivity contribution in [2.24, 2.45) is 0 Å². The number of anilines is 2. The lowest BCUT2D eigenvalue weighted by molar-refractivity contribution is 1.22. The van der Waals surface area contributed by atoms with Gasteiger partial charge in [0, 0.05) is 16.0 Å². The predicted octanol–water partition coefficient (Wildman–Crippen LogP) is 5.02. The van der Waals surface area contributed by atoms with Gasteiger partial charge in [-0.3, -0.25) is 0 Å². The second kappa shape index (κ2) is 6.61. The smallest absolute Gasteiger partial charge is 0.134 e. The van der Waals surface area contributed by atoms with Gasteiger partial charge in [0.15, 0.2) is 0 Å². The Balaban J connectivity index is 1.83. The van der Waals surface area contributed by atoms with E-state index in [9.17, 15) is 0 Å². The van der Waals surface area contributed by atoms with Gasteiger partial charge >= 0.3 is 0 Å². The maximum absolute atomic E-state index is 6.10. The van der Waals surface area contributed by atoms with Crippen molar-refractivity contribution >= 4 is 35.0 Å². The van der Waals surface area contributed by atoms with Crippen molar-refractivity contribution < 1.29 is 0 Å². The van der Waals surface area contributed by atoms with E-state index < -0.39 is 0 Å². The number of pyridine rings is 2. The molecule has 0 bridgehead atoms. The van der Waals surface area contributed by atoms with Gasteiger partial charge in [-0.15, -0.1) is 0 Å². The minimum atomic E-state index is 0.453. The zero-order valence-electron chi connectivity index (χ0n) is 11.0. The Morgan fingerprint density at radius 3 is 2.43 bits per heavy atom. The van der Waals surface area contributed by atoms with E-state index in [4.69, 9.17) is 11.6 Å². The molecule has 3 aromatic rings. The van der Waals surface area contributed by atoms with Crippen LogP contribution in [-0.4, -0.2) is 9.97 Å². The molecule has 2 aromatic heterocycles. The van der Waals surface area contributed by atoms with Crippen molar-refractivity contribution in [1.29, 1.82) is 0 Å². The van der Waals surface area contributed by atoms with Crippen molar-refractivity contribution in [3.8, 4) is 0 Å². The molecule has 0 aliphatic carbocycles. The predicted molar refractivity (Wildman–Crippen MR) is 87.3 cm³/mol. The first-order chi connectivity index (χ1) is 10.3. The van der Waals surface area contributed by atoms with Gasteiger partial charge in [0.2, 0.25) is 0 Å². The molecule has 0 atom stereocenters. The van der Waals surface area contributed by atoms with Crippen molar-refractivity contribution in [3.05, 3.63) is 72.0 Å². The van der Waals surface area contributed by atoms with Crippen molar-refractivity contribution in [1.82, 2.24) is 9.97 Å². The Morgan fingerprint density at radius 1 is 0.857 bits per heavy atom. The normalized spacial score (nSPS) is 10.3. The van der Waals surface area contributed by atoms with E-state index in [0.29, 0.717) is 11.0 Å². The Labute approximate surface area is 132 Å². The Bertz CT molecular complexity index is 660. The van der Waals surface area contributed by atoms with Crippen LogP contribution in [0.2, 0.25) is 5.15 Å². The molecule has 0 unspecified atom stereocenters. The van der Waals surface area contributed by atoms with E-state index >= 15 is 0 Å². The molecular formula is C16H12ClN3S. The van der Waals surface area contributed by atoms with E-state index in [1.54, 1.807) is 18.0 Å². The van der Waals surface area contributed by atoms with Gasteiger partial charge < -0.3 is 5.32 Å². The van der Waals surface area contributed by atoms with Crippen LogP contribution >= 0.6 is 23.4 Å². The van der Waals surface area contributed by atoms with Crippen molar-refractivity contribution in [2.45, 2.75) is 9.79 Å². The number of nitrogens with one attached hydrogen (secondary N) is 1. The molecule has 0 aliphatic heterocycles. The summed E-state index contributed by atoms with van der Waals surface area (Å²) in [5, 5.41) is 3.60. The zero-order chi connectivity index (χ0) is 14.5. The molecule has 0 aliphatic rings. The molecule has 3 nitrogen and oxygen atoms in total. The average Bonchev–Trinajstić information content (AvgIpc) is 2.48. The molecule has 0 spiro atoms. The van der Waals surface area contributed by atoms with Gasteiger partial charge in [-0.05, 0) is 36.4 Å². The van der Waals surface area contributed by atoms with Crippen molar-refractivity contribution in [2.75, 3.05) is 5.32 Å². The minimum absolute atomic E-state index is 0.453. The number of aromatic nitrogens is 2. The summed E-state index contributed by atoms with van der Waals surface area (Å²) in [6, 6.07) is 19.6. The highest BCUT2D eigenvalue weighted by atomic mass is 35.5. The van der Waals surface area contributed by atoms with E-state index in [0.717, 1.165) is 15.6 Å². The first-order valence-corrected chi connectivity index (χ1v) is 7.57. The summed E-state index contributed by atoms with van der Waals surface area (Å²) in [5.74, 6) is 1.42. The summed E-state index contributed by atoms with van der Waals surface area (Å²) in [6.45, 7) is 0. The lowest BCUT2D eigenvalue weighted by atomic mass is 10.4. The number of benzene rings is 1. The fraction of sp³-hybridized carbons (Fsp3) is 0. The van der Waals surface area contributed by atoms with Crippen LogP contribution in [0.3, 0.4) is 0 Å². The van der Waals surface area contributed by atoms with Gasteiger partial charge in [0.05, 0.1) is 0 Å². The summed E-state index contributed by atoms with van der Waals surface area (Å²) in [7, 11) is 0. The van der Waals surface area contributed by atoms with Crippen molar-refractivity contribution in [3.63, 3.8) is 0 Å². The molecule has 0 fully saturated rings. The molecule has 0 radical (unpaired) electrons. The maximum atomic E-state index is 6.10. The van der Waals surface area contributed by atoms with E-state index in [2.05, 4.69) is 27.4 Å². The highest BCUT2D eigenvalue weighted by Crippen LogP contribution is 2.31. The molecular weight excluding hydrogens is 302 g/mol. The zero-order valence-corrected chi connectivity index (χ0v) is 12.6.